The van der Waals surface area contributed by atoms with E-state index in [0.29, 0.717) is 26.4 Å². The van der Waals surface area contributed by atoms with Gasteiger partial charge in [-0.25, -0.2) is 0 Å². The molecular formula is C26H28O4. The third-order valence-corrected chi connectivity index (χ3v) is 5.04. The summed E-state index contributed by atoms with van der Waals surface area (Å²) >= 11 is 0. The SMILES string of the molecule is [2H]C1O[C@H](COCc2ccccc2)[C@H](OCc2ccccc2)[C@H]1OCc1ccccc1. The Hall–Kier alpha value is -2.50. The van der Waals surface area contributed by atoms with Crippen LogP contribution in [0.3, 0.4) is 0 Å². The van der Waals surface area contributed by atoms with Crippen LogP contribution in [-0.4, -0.2) is 31.5 Å². The minimum Gasteiger partial charge on any atom is -0.374 e. The van der Waals surface area contributed by atoms with E-state index in [1.165, 1.54) is 0 Å². The topological polar surface area (TPSA) is 36.9 Å². The molecule has 4 heteroatoms. The summed E-state index contributed by atoms with van der Waals surface area (Å²) in [7, 11) is 0. The molecule has 0 bridgehead atoms. The summed E-state index contributed by atoms with van der Waals surface area (Å²) in [6.07, 6.45) is -1.24. The predicted octanol–water partition coefficient (Wildman–Crippen LogP) is 4.77. The van der Waals surface area contributed by atoms with Gasteiger partial charge >= 0.3 is 0 Å². The van der Waals surface area contributed by atoms with Crippen LogP contribution in [-0.2, 0) is 38.8 Å². The van der Waals surface area contributed by atoms with Crippen molar-refractivity contribution in [1.82, 2.24) is 0 Å². The van der Waals surface area contributed by atoms with Crippen molar-refractivity contribution in [3.8, 4) is 0 Å². The van der Waals surface area contributed by atoms with E-state index >= 15 is 0 Å². The molecular weight excluding hydrogens is 376 g/mol. The molecule has 3 aromatic rings. The van der Waals surface area contributed by atoms with Gasteiger partial charge in [0.1, 0.15) is 18.3 Å². The summed E-state index contributed by atoms with van der Waals surface area (Å²) in [5.74, 6) is 0. The summed E-state index contributed by atoms with van der Waals surface area (Å²) < 4.78 is 32.5. The molecule has 0 spiro atoms. The van der Waals surface area contributed by atoms with Gasteiger partial charge in [0.15, 0.2) is 0 Å². The largest absolute Gasteiger partial charge is 0.374 e. The maximum Gasteiger partial charge on any atom is 0.115 e. The number of hydrogen-bond donors (Lipinski definition) is 0. The zero-order valence-corrected chi connectivity index (χ0v) is 16.9. The van der Waals surface area contributed by atoms with E-state index in [1.807, 2.05) is 91.0 Å². The highest BCUT2D eigenvalue weighted by atomic mass is 16.6. The third-order valence-electron chi connectivity index (χ3n) is 5.04. The molecule has 30 heavy (non-hydrogen) atoms. The first-order valence-corrected chi connectivity index (χ1v) is 10.3. The van der Waals surface area contributed by atoms with Crippen LogP contribution in [0, 0.1) is 0 Å². The van der Waals surface area contributed by atoms with Crippen LogP contribution in [0.25, 0.3) is 0 Å². The summed E-state index contributed by atoms with van der Waals surface area (Å²) in [6, 6.07) is 30.0. The lowest BCUT2D eigenvalue weighted by molar-refractivity contribution is -0.0895. The summed E-state index contributed by atoms with van der Waals surface area (Å²) in [5, 5.41) is 0. The van der Waals surface area contributed by atoms with Crippen LogP contribution in [0.1, 0.15) is 18.1 Å². The van der Waals surface area contributed by atoms with Crippen molar-refractivity contribution in [3.63, 3.8) is 0 Å². The lowest BCUT2D eigenvalue weighted by Gasteiger charge is -2.24. The smallest absolute Gasteiger partial charge is 0.115 e. The van der Waals surface area contributed by atoms with E-state index in [4.69, 9.17) is 20.3 Å². The van der Waals surface area contributed by atoms with Crippen molar-refractivity contribution in [3.05, 3.63) is 108 Å². The Morgan fingerprint density at radius 1 is 0.700 bits per heavy atom. The predicted molar refractivity (Wildman–Crippen MR) is 116 cm³/mol. The summed E-state index contributed by atoms with van der Waals surface area (Å²) in [5.41, 5.74) is 3.23. The van der Waals surface area contributed by atoms with Crippen LogP contribution in [0.15, 0.2) is 91.0 Å². The van der Waals surface area contributed by atoms with Crippen LogP contribution >= 0.6 is 0 Å². The van der Waals surface area contributed by atoms with E-state index in [-0.39, 0.29) is 12.2 Å². The average molecular weight is 406 g/mol. The molecule has 1 heterocycles. The highest BCUT2D eigenvalue weighted by molar-refractivity contribution is 5.15. The molecule has 0 N–H and O–H groups in total. The van der Waals surface area contributed by atoms with Gasteiger partial charge in [-0.05, 0) is 16.7 Å². The summed E-state index contributed by atoms with van der Waals surface area (Å²) in [4.78, 5) is 0. The standard InChI is InChI=1S/C26H28O4/c1-4-10-21(11-5-1)16-27-19-24-26(30-18-23-14-8-3-9-15-23)25(20-29-24)28-17-22-12-6-2-7-13-22/h1-15,24-26H,16-20H2/t24-,25+,26+/m1/s1/i20D/t20?,24-,25+,26+. The van der Waals surface area contributed by atoms with Gasteiger partial charge in [-0.3, -0.25) is 0 Å². The van der Waals surface area contributed by atoms with E-state index in [1.54, 1.807) is 0 Å². The zero-order valence-electron chi connectivity index (χ0n) is 17.9. The molecule has 0 amide bonds. The maximum absolute atomic E-state index is 8.42. The van der Waals surface area contributed by atoms with Gasteiger partial charge in [-0.1, -0.05) is 91.0 Å². The molecule has 1 saturated heterocycles. The zero-order chi connectivity index (χ0) is 21.3. The molecule has 1 aliphatic rings. The fraction of sp³-hybridized carbons (Fsp3) is 0.308. The Morgan fingerprint density at radius 2 is 1.20 bits per heavy atom. The van der Waals surface area contributed by atoms with Gasteiger partial charge < -0.3 is 18.9 Å². The van der Waals surface area contributed by atoms with E-state index in [9.17, 15) is 0 Å². The van der Waals surface area contributed by atoms with Crippen LogP contribution in [0.5, 0.6) is 0 Å². The van der Waals surface area contributed by atoms with Crippen molar-refractivity contribution in [2.24, 2.45) is 0 Å². The number of benzene rings is 3. The Labute approximate surface area is 179 Å². The van der Waals surface area contributed by atoms with Crippen LogP contribution in [0.2, 0.25) is 0 Å². The highest BCUT2D eigenvalue weighted by Crippen LogP contribution is 2.24. The molecule has 0 aliphatic carbocycles. The Balaban J connectivity index is 1.39. The first-order chi connectivity index (χ1) is 15.3. The third kappa shape index (κ3) is 6.00. The van der Waals surface area contributed by atoms with Gasteiger partial charge in [0.05, 0.1) is 34.4 Å². The monoisotopic (exact) mass is 405 g/mol. The van der Waals surface area contributed by atoms with Gasteiger partial charge in [0, 0.05) is 0 Å². The molecule has 1 unspecified atom stereocenters. The van der Waals surface area contributed by atoms with Crippen LogP contribution in [0.4, 0.5) is 0 Å². The lowest BCUT2D eigenvalue weighted by atomic mass is 10.1. The molecule has 4 nitrogen and oxygen atoms in total. The van der Waals surface area contributed by atoms with Crippen molar-refractivity contribution in [1.29, 1.82) is 0 Å². The quantitative estimate of drug-likeness (QED) is 0.487. The number of ether oxygens (including phenoxy) is 4. The number of hydrogen-bond acceptors (Lipinski definition) is 4. The van der Waals surface area contributed by atoms with Crippen molar-refractivity contribution < 1.29 is 20.3 Å². The first-order valence-electron chi connectivity index (χ1n) is 10.9. The molecule has 0 saturated carbocycles. The Kier molecular flexibility index (Phi) is 7.16. The Morgan fingerprint density at radius 3 is 1.77 bits per heavy atom. The minimum atomic E-state index is -0.824. The lowest BCUT2D eigenvalue weighted by Crippen LogP contribution is -2.37. The molecule has 3 aromatic carbocycles. The van der Waals surface area contributed by atoms with Crippen molar-refractivity contribution in [2.45, 2.75) is 38.1 Å². The van der Waals surface area contributed by atoms with Gasteiger partial charge in [-0.2, -0.15) is 0 Å². The second-order valence-electron chi connectivity index (χ2n) is 7.33. The van der Waals surface area contributed by atoms with Gasteiger partial charge in [0.25, 0.3) is 0 Å². The summed E-state index contributed by atoms with van der Waals surface area (Å²) in [6.45, 7) is 0.851. The van der Waals surface area contributed by atoms with E-state index in [2.05, 4.69) is 0 Å². The number of rotatable bonds is 10. The van der Waals surface area contributed by atoms with Gasteiger partial charge in [0.2, 0.25) is 0 Å². The second kappa shape index (κ2) is 11.0. The normalized spacial score (nSPS) is 23.9. The first kappa shape index (κ1) is 19.5. The fourth-order valence-corrected chi connectivity index (χ4v) is 3.42. The van der Waals surface area contributed by atoms with Crippen molar-refractivity contribution >= 4 is 0 Å². The molecule has 156 valence electrons. The Bertz CT molecular complexity index is 891. The fourth-order valence-electron chi connectivity index (χ4n) is 3.42. The molecule has 4 atom stereocenters. The molecule has 0 radical (unpaired) electrons. The van der Waals surface area contributed by atoms with Crippen LogP contribution < -0.4 is 0 Å². The molecule has 1 aliphatic heterocycles. The van der Waals surface area contributed by atoms with E-state index in [0.717, 1.165) is 16.7 Å². The molecule has 0 aromatic heterocycles. The van der Waals surface area contributed by atoms with Gasteiger partial charge in [-0.15, -0.1) is 0 Å². The second-order valence-corrected chi connectivity index (χ2v) is 7.33. The van der Waals surface area contributed by atoms with Crippen molar-refractivity contribution in [2.75, 3.05) is 13.2 Å². The minimum absolute atomic E-state index is 0.342. The van der Waals surface area contributed by atoms with E-state index < -0.39 is 12.7 Å². The average Bonchev–Trinajstić information content (AvgIpc) is 3.12. The molecule has 4 rings (SSSR count). The maximum atomic E-state index is 8.42. The highest BCUT2D eigenvalue weighted by Gasteiger charge is 2.39. The molecule has 1 fully saturated rings.